The zero-order chi connectivity index (χ0) is 9.84. The van der Waals surface area contributed by atoms with Gasteiger partial charge in [0.1, 0.15) is 5.75 Å². The van der Waals surface area contributed by atoms with Crippen molar-refractivity contribution < 1.29 is 14.6 Å². The lowest BCUT2D eigenvalue weighted by molar-refractivity contribution is -0.304. The fraction of sp³-hybridized carbons (Fsp3) is 0.222. The highest BCUT2D eigenvalue weighted by Crippen LogP contribution is 2.25. The number of carbonyl (C=O) groups is 1. The molecule has 0 aliphatic rings. The molecular formula is C9H8BrO3-. The van der Waals surface area contributed by atoms with Gasteiger partial charge in [-0.2, -0.15) is 0 Å². The number of ether oxygens (including phenoxy) is 1. The minimum absolute atomic E-state index is 0.0808. The summed E-state index contributed by atoms with van der Waals surface area (Å²) in [6.07, 6.45) is -0.0808. The van der Waals surface area contributed by atoms with Crippen LogP contribution in [-0.4, -0.2) is 13.1 Å². The van der Waals surface area contributed by atoms with Gasteiger partial charge in [-0.25, -0.2) is 0 Å². The smallest absolute Gasteiger partial charge is 0.133 e. The van der Waals surface area contributed by atoms with Gasteiger partial charge >= 0.3 is 0 Å². The highest BCUT2D eigenvalue weighted by molar-refractivity contribution is 9.10. The number of carbonyl (C=O) groups excluding carboxylic acids is 1. The lowest BCUT2D eigenvalue weighted by Crippen LogP contribution is -2.24. The highest BCUT2D eigenvalue weighted by Gasteiger charge is 2.00. The molecule has 1 aromatic rings. The van der Waals surface area contributed by atoms with Crippen molar-refractivity contribution in [2.45, 2.75) is 6.42 Å². The maximum absolute atomic E-state index is 10.3. The van der Waals surface area contributed by atoms with Crippen molar-refractivity contribution in [2.24, 2.45) is 0 Å². The molecule has 0 atom stereocenters. The molecular weight excluding hydrogens is 236 g/mol. The summed E-state index contributed by atoms with van der Waals surface area (Å²) >= 11 is 3.26. The number of methoxy groups -OCH3 is 1. The van der Waals surface area contributed by atoms with Crippen LogP contribution in [0.3, 0.4) is 0 Å². The van der Waals surface area contributed by atoms with E-state index < -0.39 is 5.97 Å². The molecule has 0 N–H and O–H groups in total. The first kappa shape index (κ1) is 10.1. The third-order valence-corrected chi connectivity index (χ3v) is 2.18. The Morgan fingerprint density at radius 2 is 2.31 bits per heavy atom. The van der Waals surface area contributed by atoms with Gasteiger partial charge in [-0.05, 0) is 33.6 Å². The second-order valence-corrected chi connectivity index (χ2v) is 3.37. The molecule has 1 rings (SSSR count). The molecule has 0 saturated carbocycles. The van der Waals surface area contributed by atoms with Crippen LogP contribution in [0.4, 0.5) is 0 Å². The Bertz CT molecular complexity index is 323. The summed E-state index contributed by atoms with van der Waals surface area (Å²) in [7, 11) is 1.55. The van der Waals surface area contributed by atoms with E-state index in [4.69, 9.17) is 4.74 Å². The molecule has 0 aliphatic heterocycles. The maximum Gasteiger partial charge on any atom is 0.133 e. The van der Waals surface area contributed by atoms with Crippen LogP contribution >= 0.6 is 15.9 Å². The maximum atomic E-state index is 10.3. The third kappa shape index (κ3) is 2.73. The molecule has 0 heterocycles. The van der Waals surface area contributed by atoms with Gasteiger partial charge in [0, 0.05) is 12.4 Å². The van der Waals surface area contributed by atoms with Gasteiger partial charge in [0.05, 0.1) is 11.6 Å². The average Bonchev–Trinajstić information content (AvgIpc) is 2.03. The number of rotatable bonds is 3. The van der Waals surface area contributed by atoms with Gasteiger partial charge in [0.25, 0.3) is 0 Å². The summed E-state index contributed by atoms with van der Waals surface area (Å²) < 4.78 is 5.74. The Hall–Kier alpha value is -1.03. The molecule has 4 heteroatoms. The van der Waals surface area contributed by atoms with Crippen molar-refractivity contribution in [1.82, 2.24) is 0 Å². The molecule has 0 spiro atoms. The molecule has 0 unspecified atom stereocenters. The normalized spacial score (nSPS) is 9.69. The summed E-state index contributed by atoms with van der Waals surface area (Å²) in [5.41, 5.74) is 0.688. The van der Waals surface area contributed by atoms with Crippen molar-refractivity contribution in [3.8, 4) is 5.75 Å². The van der Waals surface area contributed by atoms with Gasteiger partial charge in [-0.1, -0.05) is 6.07 Å². The number of carboxylic acid groups (broad SMARTS) is 1. The number of halogens is 1. The fourth-order valence-electron chi connectivity index (χ4n) is 0.987. The molecule has 0 aliphatic carbocycles. The largest absolute Gasteiger partial charge is 0.550 e. The van der Waals surface area contributed by atoms with Crippen LogP contribution in [0.2, 0.25) is 0 Å². The fourth-order valence-corrected chi connectivity index (χ4v) is 1.57. The zero-order valence-electron chi connectivity index (χ0n) is 7.04. The molecule has 3 nitrogen and oxygen atoms in total. The SMILES string of the molecule is COc1ccc(CC(=O)[O-])cc1Br. The van der Waals surface area contributed by atoms with Crippen molar-refractivity contribution in [3.05, 3.63) is 28.2 Å². The van der Waals surface area contributed by atoms with Crippen LogP contribution < -0.4 is 9.84 Å². The van der Waals surface area contributed by atoms with E-state index in [9.17, 15) is 9.90 Å². The second-order valence-electron chi connectivity index (χ2n) is 2.52. The number of carboxylic acids is 1. The van der Waals surface area contributed by atoms with Gasteiger partial charge in [-0.15, -0.1) is 0 Å². The van der Waals surface area contributed by atoms with Crippen LogP contribution in [0.5, 0.6) is 5.75 Å². The standard InChI is InChI=1S/C9H9BrO3/c1-13-8-3-2-6(4-7(8)10)5-9(11)12/h2-4H,5H2,1H3,(H,11,12)/p-1. The monoisotopic (exact) mass is 243 g/mol. The summed E-state index contributed by atoms with van der Waals surface area (Å²) in [6, 6.07) is 5.11. The lowest BCUT2D eigenvalue weighted by Gasteiger charge is -2.06. The first-order valence-corrected chi connectivity index (χ1v) is 4.45. The van der Waals surface area contributed by atoms with E-state index in [1.54, 1.807) is 25.3 Å². The average molecular weight is 244 g/mol. The summed E-state index contributed by atoms with van der Waals surface area (Å²) in [5.74, 6) is -0.404. The minimum atomic E-state index is -1.09. The van der Waals surface area contributed by atoms with Crippen LogP contribution in [0.25, 0.3) is 0 Å². The third-order valence-electron chi connectivity index (χ3n) is 1.56. The zero-order valence-corrected chi connectivity index (χ0v) is 8.63. The summed E-state index contributed by atoms with van der Waals surface area (Å²) in [6.45, 7) is 0. The molecule has 0 bridgehead atoms. The Morgan fingerprint density at radius 1 is 1.62 bits per heavy atom. The van der Waals surface area contributed by atoms with Crippen LogP contribution in [0.1, 0.15) is 5.56 Å². The molecule has 0 amide bonds. The van der Waals surface area contributed by atoms with Gasteiger partial charge in [0.15, 0.2) is 0 Å². The first-order chi connectivity index (χ1) is 6.13. The van der Waals surface area contributed by atoms with E-state index >= 15 is 0 Å². The van der Waals surface area contributed by atoms with E-state index in [-0.39, 0.29) is 6.42 Å². The molecule has 0 aromatic heterocycles. The van der Waals surface area contributed by atoms with E-state index in [2.05, 4.69) is 15.9 Å². The van der Waals surface area contributed by atoms with Crippen molar-refractivity contribution in [3.63, 3.8) is 0 Å². The number of hydrogen-bond donors (Lipinski definition) is 0. The van der Waals surface area contributed by atoms with Crippen molar-refractivity contribution in [1.29, 1.82) is 0 Å². The topological polar surface area (TPSA) is 49.4 Å². The lowest BCUT2D eigenvalue weighted by atomic mass is 10.1. The summed E-state index contributed by atoms with van der Waals surface area (Å²) in [5, 5.41) is 10.3. The van der Waals surface area contributed by atoms with Gasteiger partial charge in [0.2, 0.25) is 0 Å². The first-order valence-electron chi connectivity index (χ1n) is 3.65. The highest BCUT2D eigenvalue weighted by atomic mass is 79.9. The molecule has 1 aromatic carbocycles. The van der Waals surface area contributed by atoms with E-state index in [0.717, 1.165) is 4.47 Å². The van der Waals surface area contributed by atoms with Crippen LogP contribution in [0.15, 0.2) is 22.7 Å². The Balaban J connectivity index is 2.89. The van der Waals surface area contributed by atoms with E-state index in [1.807, 2.05) is 0 Å². The predicted molar refractivity (Wildman–Crippen MR) is 49.4 cm³/mol. The Morgan fingerprint density at radius 3 is 2.77 bits per heavy atom. The molecule has 70 valence electrons. The number of aliphatic carboxylic acids is 1. The Labute approximate surface area is 84.5 Å². The van der Waals surface area contributed by atoms with E-state index in [1.165, 1.54) is 0 Å². The second kappa shape index (κ2) is 4.28. The van der Waals surface area contributed by atoms with Crippen LogP contribution in [0, 0.1) is 0 Å². The molecule has 0 saturated heterocycles. The molecule has 0 fully saturated rings. The molecule has 13 heavy (non-hydrogen) atoms. The minimum Gasteiger partial charge on any atom is -0.550 e. The quantitative estimate of drug-likeness (QED) is 0.788. The van der Waals surface area contributed by atoms with E-state index in [0.29, 0.717) is 11.3 Å². The number of hydrogen-bond acceptors (Lipinski definition) is 3. The van der Waals surface area contributed by atoms with Crippen LogP contribution in [-0.2, 0) is 11.2 Å². The Kier molecular flexibility index (Phi) is 3.31. The predicted octanol–water partition coefficient (Wildman–Crippen LogP) is 0.750. The van der Waals surface area contributed by atoms with Crippen molar-refractivity contribution >= 4 is 21.9 Å². The van der Waals surface area contributed by atoms with Crippen molar-refractivity contribution in [2.75, 3.05) is 7.11 Å². The van der Waals surface area contributed by atoms with Gasteiger partial charge in [-0.3, -0.25) is 0 Å². The number of benzene rings is 1. The summed E-state index contributed by atoms with van der Waals surface area (Å²) in [4.78, 5) is 10.3. The van der Waals surface area contributed by atoms with Gasteiger partial charge < -0.3 is 14.6 Å². The molecule has 0 radical (unpaired) electrons.